The van der Waals surface area contributed by atoms with Crippen LogP contribution in [0.25, 0.3) is 0 Å². The zero-order chi connectivity index (χ0) is 14.5. The third kappa shape index (κ3) is 5.98. The van der Waals surface area contributed by atoms with Gasteiger partial charge in [-0.25, -0.2) is 4.79 Å². The summed E-state index contributed by atoms with van der Waals surface area (Å²) in [7, 11) is 0. The van der Waals surface area contributed by atoms with Crippen LogP contribution < -0.4 is 5.32 Å². The highest BCUT2D eigenvalue weighted by molar-refractivity contribution is 5.83. The van der Waals surface area contributed by atoms with Crippen molar-refractivity contribution in [2.75, 3.05) is 0 Å². The SMILES string of the molecule is CC(C)OC(=O)/C=C(\NC1CCCCC1)C(F)(F)F. The summed E-state index contributed by atoms with van der Waals surface area (Å²) in [4.78, 5) is 11.3. The van der Waals surface area contributed by atoms with Crippen LogP contribution in [0.3, 0.4) is 0 Å². The zero-order valence-electron chi connectivity index (χ0n) is 11.2. The summed E-state index contributed by atoms with van der Waals surface area (Å²) in [5, 5.41) is 2.44. The van der Waals surface area contributed by atoms with Gasteiger partial charge in [-0.15, -0.1) is 0 Å². The Hall–Kier alpha value is -1.20. The van der Waals surface area contributed by atoms with Gasteiger partial charge in [-0.2, -0.15) is 13.2 Å². The van der Waals surface area contributed by atoms with Gasteiger partial charge in [0.05, 0.1) is 12.2 Å². The molecule has 1 rings (SSSR count). The molecule has 1 fully saturated rings. The number of ether oxygens (including phenoxy) is 1. The Morgan fingerprint density at radius 2 is 1.84 bits per heavy atom. The smallest absolute Gasteiger partial charge is 0.431 e. The van der Waals surface area contributed by atoms with Crippen molar-refractivity contribution in [2.24, 2.45) is 0 Å². The van der Waals surface area contributed by atoms with Crippen molar-refractivity contribution < 1.29 is 22.7 Å². The highest BCUT2D eigenvalue weighted by atomic mass is 19.4. The number of rotatable bonds is 4. The second kappa shape index (κ2) is 6.82. The number of hydrogen-bond donors (Lipinski definition) is 1. The van der Waals surface area contributed by atoms with Crippen LogP contribution in [0.5, 0.6) is 0 Å². The maximum atomic E-state index is 12.8. The Balaban J connectivity index is 2.71. The predicted molar refractivity (Wildman–Crippen MR) is 65.4 cm³/mol. The Bertz CT molecular complexity index is 331. The number of nitrogens with one attached hydrogen (secondary N) is 1. The molecule has 1 N–H and O–H groups in total. The molecule has 0 aromatic heterocycles. The summed E-state index contributed by atoms with van der Waals surface area (Å²) in [5.41, 5.74) is -1.01. The summed E-state index contributed by atoms with van der Waals surface area (Å²) in [6.45, 7) is 3.18. The van der Waals surface area contributed by atoms with Gasteiger partial charge in [0.2, 0.25) is 0 Å². The topological polar surface area (TPSA) is 38.3 Å². The van der Waals surface area contributed by atoms with Crippen LogP contribution in [0.1, 0.15) is 46.0 Å². The summed E-state index contributed by atoms with van der Waals surface area (Å²) in [5.74, 6) is -0.967. The molecule has 0 heterocycles. The maximum Gasteiger partial charge on any atom is 0.431 e. The van der Waals surface area contributed by atoms with Crippen LogP contribution in [0, 0.1) is 0 Å². The molecular formula is C13H20F3NO2. The van der Waals surface area contributed by atoms with Crippen molar-refractivity contribution in [3.8, 4) is 0 Å². The number of esters is 1. The molecule has 0 aromatic carbocycles. The first kappa shape index (κ1) is 15.9. The largest absolute Gasteiger partial charge is 0.460 e. The first-order chi connectivity index (χ1) is 8.79. The first-order valence-electron chi connectivity index (χ1n) is 6.55. The van der Waals surface area contributed by atoms with E-state index < -0.39 is 23.9 Å². The molecule has 1 aliphatic carbocycles. The lowest BCUT2D eigenvalue weighted by atomic mass is 9.95. The van der Waals surface area contributed by atoms with Gasteiger partial charge in [-0.1, -0.05) is 19.3 Å². The standard InChI is InChI=1S/C13H20F3NO2/c1-9(2)19-12(18)8-11(13(14,15)16)17-10-6-4-3-5-7-10/h8-10,17H,3-7H2,1-2H3/b11-8-. The molecule has 0 unspecified atom stereocenters. The number of allylic oxidation sites excluding steroid dienone is 1. The van der Waals surface area contributed by atoms with E-state index in [1.54, 1.807) is 13.8 Å². The molecule has 0 aliphatic heterocycles. The lowest BCUT2D eigenvalue weighted by Crippen LogP contribution is -2.36. The highest BCUT2D eigenvalue weighted by Gasteiger charge is 2.36. The Kier molecular flexibility index (Phi) is 5.69. The molecule has 0 saturated heterocycles. The second-order valence-electron chi connectivity index (χ2n) is 5.02. The van der Waals surface area contributed by atoms with Crippen molar-refractivity contribution in [2.45, 2.75) is 64.3 Å². The third-order valence-electron chi connectivity index (χ3n) is 2.88. The number of alkyl halides is 3. The summed E-state index contributed by atoms with van der Waals surface area (Å²) in [6, 6.07) is -0.214. The minimum atomic E-state index is -4.56. The molecular weight excluding hydrogens is 259 g/mol. The summed E-state index contributed by atoms with van der Waals surface area (Å²) >= 11 is 0. The van der Waals surface area contributed by atoms with Crippen LogP contribution >= 0.6 is 0 Å². The normalized spacial score (nSPS) is 18.5. The second-order valence-corrected chi connectivity index (χ2v) is 5.02. The van der Waals surface area contributed by atoms with E-state index in [9.17, 15) is 18.0 Å². The molecule has 0 bridgehead atoms. The monoisotopic (exact) mass is 279 g/mol. The lowest BCUT2D eigenvalue weighted by Gasteiger charge is -2.26. The number of halogens is 3. The number of carbonyl (C=O) groups is 1. The minimum absolute atomic E-state index is 0.214. The van der Waals surface area contributed by atoms with Gasteiger partial charge in [-0.3, -0.25) is 0 Å². The molecule has 6 heteroatoms. The Morgan fingerprint density at radius 3 is 2.32 bits per heavy atom. The van der Waals surface area contributed by atoms with E-state index in [0.29, 0.717) is 18.9 Å². The fourth-order valence-corrected chi connectivity index (χ4v) is 2.06. The van der Waals surface area contributed by atoms with Gasteiger partial charge in [-0.05, 0) is 26.7 Å². The van der Waals surface area contributed by atoms with E-state index in [1.807, 2.05) is 0 Å². The Labute approximate surface area is 111 Å². The molecule has 0 radical (unpaired) electrons. The van der Waals surface area contributed by atoms with Gasteiger partial charge in [0.1, 0.15) is 5.70 Å². The molecule has 1 aliphatic rings. The van der Waals surface area contributed by atoms with Crippen molar-refractivity contribution in [3.63, 3.8) is 0 Å². The zero-order valence-corrected chi connectivity index (χ0v) is 11.2. The summed E-state index contributed by atoms with van der Waals surface area (Å²) < 4.78 is 43.2. The fourth-order valence-electron chi connectivity index (χ4n) is 2.06. The van der Waals surface area contributed by atoms with Crippen LogP contribution in [0.15, 0.2) is 11.8 Å². The maximum absolute atomic E-state index is 12.8. The van der Waals surface area contributed by atoms with Gasteiger partial charge in [0, 0.05) is 6.04 Å². The van der Waals surface area contributed by atoms with E-state index in [0.717, 1.165) is 19.3 Å². The van der Waals surface area contributed by atoms with Crippen LogP contribution in [-0.4, -0.2) is 24.3 Å². The quantitative estimate of drug-likeness (QED) is 0.634. The number of hydrogen-bond acceptors (Lipinski definition) is 3. The van der Waals surface area contributed by atoms with Crippen molar-refractivity contribution in [1.29, 1.82) is 0 Å². The van der Waals surface area contributed by atoms with Crippen LogP contribution in [-0.2, 0) is 9.53 Å². The van der Waals surface area contributed by atoms with E-state index in [2.05, 4.69) is 5.32 Å². The minimum Gasteiger partial charge on any atom is -0.460 e. The van der Waals surface area contributed by atoms with Crippen molar-refractivity contribution in [1.82, 2.24) is 5.32 Å². The third-order valence-corrected chi connectivity index (χ3v) is 2.88. The molecule has 0 aromatic rings. The number of carbonyl (C=O) groups excluding carboxylic acids is 1. The van der Waals surface area contributed by atoms with Crippen LogP contribution in [0.2, 0.25) is 0 Å². The molecule has 0 spiro atoms. The molecule has 3 nitrogen and oxygen atoms in total. The van der Waals surface area contributed by atoms with Gasteiger partial charge >= 0.3 is 12.1 Å². The fraction of sp³-hybridized carbons (Fsp3) is 0.769. The van der Waals surface area contributed by atoms with Crippen molar-refractivity contribution in [3.05, 3.63) is 11.8 Å². The molecule has 1 saturated carbocycles. The van der Waals surface area contributed by atoms with Gasteiger partial charge < -0.3 is 10.1 Å². The first-order valence-corrected chi connectivity index (χ1v) is 6.55. The molecule has 19 heavy (non-hydrogen) atoms. The molecule has 0 amide bonds. The van der Waals surface area contributed by atoms with E-state index in [1.165, 1.54) is 0 Å². The van der Waals surface area contributed by atoms with Gasteiger partial charge in [0.15, 0.2) is 0 Å². The Morgan fingerprint density at radius 1 is 1.26 bits per heavy atom. The summed E-state index contributed by atoms with van der Waals surface area (Å²) in [6.07, 6.45) is -0.203. The lowest BCUT2D eigenvalue weighted by molar-refractivity contribution is -0.142. The molecule has 110 valence electrons. The van der Waals surface area contributed by atoms with Crippen LogP contribution in [0.4, 0.5) is 13.2 Å². The van der Waals surface area contributed by atoms with E-state index in [4.69, 9.17) is 4.74 Å². The van der Waals surface area contributed by atoms with Gasteiger partial charge in [0.25, 0.3) is 0 Å². The average Bonchev–Trinajstić information content (AvgIpc) is 2.27. The van der Waals surface area contributed by atoms with Crippen molar-refractivity contribution >= 4 is 5.97 Å². The highest BCUT2D eigenvalue weighted by Crippen LogP contribution is 2.26. The molecule has 0 atom stereocenters. The average molecular weight is 279 g/mol. The predicted octanol–water partition coefficient (Wildman–Crippen LogP) is 3.31. The van der Waals surface area contributed by atoms with E-state index >= 15 is 0 Å². The van der Waals surface area contributed by atoms with E-state index in [-0.39, 0.29) is 6.04 Å².